The van der Waals surface area contributed by atoms with E-state index in [0.29, 0.717) is 31.6 Å². The van der Waals surface area contributed by atoms with Crippen LogP contribution in [0.2, 0.25) is 0 Å². The molecule has 6 heteroatoms. The predicted octanol–water partition coefficient (Wildman–Crippen LogP) is 8.22. The van der Waals surface area contributed by atoms with Crippen LogP contribution in [0.15, 0.2) is 72.9 Å². The summed E-state index contributed by atoms with van der Waals surface area (Å²) in [7, 11) is 0. The zero-order valence-corrected chi connectivity index (χ0v) is 21.1. The maximum absolute atomic E-state index is 13.2. The number of nitrogens with zero attached hydrogens (tertiary/aromatic N) is 2. The number of benzene rings is 2. The normalized spacial score (nSPS) is 11.6. The minimum Gasteiger partial charge on any atom is -0.345 e. The number of carbonyl (C=O) groups excluding carboxylic acids is 1. The number of rotatable bonds is 14. The quantitative estimate of drug-likeness (QED) is 0.206. The van der Waals surface area contributed by atoms with Crippen molar-refractivity contribution < 1.29 is 18.0 Å². The first kappa shape index (κ1) is 27.6. The molecule has 0 aliphatic rings. The fourth-order valence-electron chi connectivity index (χ4n) is 4.41. The molecular formula is C30H37F3N2O. The molecule has 36 heavy (non-hydrogen) atoms. The molecule has 0 saturated carbocycles. The second-order valence-corrected chi connectivity index (χ2v) is 9.43. The summed E-state index contributed by atoms with van der Waals surface area (Å²) in [4.78, 5) is 15.1. The van der Waals surface area contributed by atoms with E-state index < -0.39 is 11.7 Å². The second-order valence-electron chi connectivity index (χ2n) is 9.43. The number of unbranched alkanes of at least 4 members (excludes halogenated alkanes) is 6. The highest BCUT2D eigenvalue weighted by molar-refractivity contribution is 5.76. The molecule has 0 bridgehead atoms. The fourth-order valence-corrected chi connectivity index (χ4v) is 4.41. The summed E-state index contributed by atoms with van der Waals surface area (Å²) in [6, 6.07) is 19.1. The molecule has 1 aromatic heterocycles. The lowest BCUT2D eigenvalue weighted by molar-refractivity contribution is -0.137. The van der Waals surface area contributed by atoms with E-state index in [1.807, 2.05) is 58.1 Å². The molecule has 3 aromatic rings. The zero-order valence-electron chi connectivity index (χ0n) is 21.1. The summed E-state index contributed by atoms with van der Waals surface area (Å²) >= 11 is 0. The van der Waals surface area contributed by atoms with Gasteiger partial charge in [-0.3, -0.25) is 4.79 Å². The Morgan fingerprint density at radius 2 is 1.50 bits per heavy atom. The van der Waals surface area contributed by atoms with E-state index in [1.54, 1.807) is 6.07 Å². The molecule has 0 spiro atoms. The van der Waals surface area contributed by atoms with Gasteiger partial charge < -0.3 is 9.47 Å². The minimum absolute atomic E-state index is 0.110. The van der Waals surface area contributed by atoms with Gasteiger partial charge in [-0.25, -0.2) is 0 Å². The molecule has 1 amide bonds. The van der Waals surface area contributed by atoms with Gasteiger partial charge in [-0.2, -0.15) is 13.2 Å². The van der Waals surface area contributed by atoms with Crippen LogP contribution < -0.4 is 0 Å². The Balaban J connectivity index is 1.66. The van der Waals surface area contributed by atoms with Gasteiger partial charge in [-0.15, -0.1) is 0 Å². The van der Waals surface area contributed by atoms with Gasteiger partial charge in [0.2, 0.25) is 5.91 Å². The summed E-state index contributed by atoms with van der Waals surface area (Å²) in [6.07, 6.45) is 6.06. The van der Waals surface area contributed by atoms with Gasteiger partial charge in [-0.05, 0) is 41.8 Å². The third kappa shape index (κ3) is 8.89. The van der Waals surface area contributed by atoms with E-state index in [4.69, 9.17) is 0 Å². The van der Waals surface area contributed by atoms with Crippen LogP contribution >= 0.6 is 0 Å². The van der Waals surface area contributed by atoms with Crippen molar-refractivity contribution in [3.63, 3.8) is 0 Å². The fraction of sp³-hybridized carbons (Fsp3) is 0.433. The van der Waals surface area contributed by atoms with Gasteiger partial charge in [0.15, 0.2) is 0 Å². The van der Waals surface area contributed by atoms with Crippen molar-refractivity contribution in [2.45, 2.75) is 84.1 Å². The molecular weight excluding hydrogens is 461 g/mol. The van der Waals surface area contributed by atoms with Gasteiger partial charge in [0.1, 0.15) is 0 Å². The van der Waals surface area contributed by atoms with E-state index in [0.717, 1.165) is 36.6 Å². The first-order valence-corrected chi connectivity index (χ1v) is 13.0. The first-order valence-electron chi connectivity index (χ1n) is 13.0. The number of halogens is 3. The summed E-state index contributed by atoms with van der Waals surface area (Å²) < 4.78 is 41.4. The second kappa shape index (κ2) is 13.9. The average molecular weight is 499 g/mol. The number of hydrogen-bond donors (Lipinski definition) is 0. The zero-order chi connectivity index (χ0) is 25.8. The molecule has 0 fully saturated rings. The van der Waals surface area contributed by atoms with E-state index in [2.05, 4.69) is 6.92 Å². The van der Waals surface area contributed by atoms with Crippen molar-refractivity contribution in [3.8, 4) is 0 Å². The molecule has 0 aliphatic carbocycles. The van der Waals surface area contributed by atoms with Crippen molar-refractivity contribution in [2.75, 3.05) is 0 Å². The van der Waals surface area contributed by atoms with Gasteiger partial charge in [-0.1, -0.05) is 87.9 Å². The minimum atomic E-state index is -4.37. The van der Waals surface area contributed by atoms with Crippen LogP contribution in [0.1, 0.15) is 80.7 Å². The predicted molar refractivity (Wildman–Crippen MR) is 138 cm³/mol. The van der Waals surface area contributed by atoms with Crippen molar-refractivity contribution in [1.29, 1.82) is 0 Å². The molecule has 1 heterocycles. The highest BCUT2D eigenvalue weighted by Crippen LogP contribution is 2.29. The Bertz CT molecular complexity index is 1060. The lowest BCUT2D eigenvalue weighted by Gasteiger charge is -2.24. The van der Waals surface area contributed by atoms with Crippen LogP contribution in [-0.2, 0) is 30.6 Å². The van der Waals surface area contributed by atoms with Crippen LogP contribution in [0, 0.1) is 0 Å². The third-order valence-electron chi connectivity index (χ3n) is 6.45. The van der Waals surface area contributed by atoms with Crippen molar-refractivity contribution in [2.24, 2.45) is 0 Å². The van der Waals surface area contributed by atoms with Crippen LogP contribution in [0.5, 0.6) is 0 Å². The van der Waals surface area contributed by atoms with E-state index in [9.17, 15) is 18.0 Å². The van der Waals surface area contributed by atoms with E-state index in [-0.39, 0.29) is 5.91 Å². The summed E-state index contributed by atoms with van der Waals surface area (Å²) in [5.74, 6) is 0.110. The Morgan fingerprint density at radius 3 is 2.22 bits per heavy atom. The standard InChI is InChI=1S/C30H37F3N2O/c1-2-3-4-5-6-7-11-19-29(36)35(22-25-14-9-8-10-15-25)24-28-18-13-20-34(28)23-26-16-12-17-27(21-26)30(31,32)33/h8-10,12-18,20-21H,2-7,11,19,22-24H2,1H3. The molecule has 0 aliphatic heterocycles. The smallest absolute Gasteiger partial charge is 0.345 e. The number of carbonyl (C=O) groups is 1. The first-order chi connectivity index (χ1) is 17.4. The van der Waals surface area contributed by atoms with Crippen molar-refractivity contribution in [1.82, 2.24) is 9.47 Å². The number of amides is 1. The molecule has 0 N–H and O–H groups in total. The van der Waals surface area contributed by atoms with Crippen LogP contribution in [0.25, 0.3) is 0 Å². The highest BCUT2D eigenvalue weighted by atomic mass is 19.4. The van der Waals surface area contributed by atoms with Gasteiger partial charge in [0.25, 0.3) is 0 Å². The lowest BCUT2D eigenvalue weighted by atomic mass is 10.1. The number of aromatic nitrogens is 1. The molecule has 194 valence electrons. The molecule has 0 radical (unpaired) electrons. The average Bonchev–Trinajstić information content (AvgIpc) is 3.29. The topological polar surface area (TPSA) is 25.2 Å². The van der Waals surface area contributed by atoms with Gasteiger partial charge in [0, 0.05) is 31.4 Å². The Kier molecular flexibility index (Phi) is 10.6. The maximum Gasteiger partial charge on any atom is 0.416 e. The lowest BCUT2D eigenvalue weighted by Crippen LogP contribution is -2.30. The molecule has 3 nitrogen and oxygen atoms in total. The molecule has 3 rings (SSSR count). The van der Waals surface area contributed by atoms with E-state index >= 15 is 0 Å². The molecule has 0 saturated heterocycles. The SMILES string of the molecule is CCCCCCCCCC(=O)N(Cc1ccccc1)Cc1cccn1Cc1cccc(C(F)(F)F)c1. The molecule has 0 unspecified atom stereocenters. The largest absolute Gasteiger partial charge is 0.416 e. The Labute approximate surface area is 212 Å². The number of hydrogen-bond acceptors (Lipinski definition) is 1. The molecule has 0 atom stereocenters. The summed E-state index contributed by atoms with van der Waals surface area (Å²) in [5.41, 5.74) is 1.88. The molecule has 2 aromatic carbocycles. The van der Waals surface area contributed by atoms with Crippen LogP contribution in [-0.4, -0.2) is 15.4 Å². The summed E-state index contributed by atoms with van der Waals surface area (Å²) in [6.45, 7) is 3.44. The number of alkyl halides is 3. The third-order valence-corrected chi connectivity index (χ3v) is 6.45. The van der Waals surface area contributed by atoms with Crippen molar-refractivity contribution in [3.05, 3.63) is 95.3 Å². The van der Waals surface area contributed by atoms with Gasteiger partial charge in [0.05, 0.1) is 12.1 Å². The maximum atomic E-state index is 13.2. The van der Waals surface area contributed by atoms with Crippen LogP contribution in [0.3, 0.4) is 0 Å². The Hall–Kier alpha value is -3.02. The Morgan fingerprint density at radius 1 is 0.806 bits per heavy atom. The van der Waals surface area contributed by atoms with E-state index in [1.165, 1.54) is 37.8 Å². The van der Waals surface area contributed by atoms with Crippen LogP contribution in [0.4, 0.5) is 13.2 Å². The monoisotopic (exact) mass is 498 g/mol. The highest BCUT2D eigenvalue weighted by Gasteiger charge is 2.30. The van der Waals surface area contributed by atoms with Crippen molar-refractivity contribution >= 4 is 5.91 Å². The summed E-state index contributed by atoms with van der Waals surface area (Å²) in [5, 5.41) is 0. The van der Waals surface area contributed by atoms with Gasteiger partial charge >= 0.3 is 6.18 Å².